The van der Waals surface area contributed by atoms with E-state index in [2.05, 4.69) is 33.0 Å². The summed E-state index contributed by atoms with van der Waals surface area (Å²) < 4.78 is 0. The fourth-order valence-electron chi connectivity index (χ4n) is 3.42. The molecule has 0 unspecified atom stereocenters. The number of hydrogen-bond donors (Lipinski definition) is 2. The van der Waals surface area contributed by atoms with E-state index in [4.69, 9.17) is 5.11 Å². The van der Waals surface area contributed by atoms with Crippen LogP contribution in [0.1, 0.15) is 27.7 Å². The second kappa shape index (κ2) is 3.36. The number of hydrogen-bond acceptors (Lipinski definition) is 2. The van der Waals surface area contributed by atoms with Gasteiger partial charge in [0.2, 0.25) is 0 Å². The normalized spacial score (nSPS) is 39.9. The van der Waals surface area contributed by atoms with Crippen molar-refractivity contribution in [2.45, 2.75) is 33.7 Å². The van der Waals surface area contributed by atoms with Crippen LogP contribution < -0.4 is 5.32 Å². The van der Waals surface area contributed by atoms with Crippen LogP contribution in [-0.2, 0) is 4.79 Å². The first-order valence-corrected chi connectivity index (χ1v) is 5.26. The molecule has 0 bridgehead atoms. The van der Waals surface area contributed by atoms with E-state index in [9.17, 15) is 4.79 Å². The lowest BCUT2D eigenvalue weighted by molar-refractivity contribution is -0.166. The first-order chi connectivity index (χ1) is 6.30. The van der Waals surface area contributed by atoms with Crippen molar-refractivity contribution in [2.75, 3.05) is 6.54 Å². The van der Waals surface area contributed by atoms with Crippen LogP contribution in [0.3, 0.4) is 0 Å². The van der Waals surface area contributed by atoms with E-state index in [-0.39, 0.29) is 29.3 Å². The standard InChI is InChI=1S/C11H19NO2.ClH/c1-10(2)6-5-12-8(9(13)14)7(6)11(10,3)4;/h6-8,12H,5H2,1-4H3,(H,13,14);1H/t6-,7-,8-;/m0./s1. The molecular formula is C11H20ClNO2. The van der Waals surface area contributed by atoms with E-state index < -0.39 is 5.97 Å². The number of halogens is 1. The molecule has 1 heterocycles. The summed E-state index contributed by atoms with van der Waals surface area (Å²) in [6.45, 7) is 9.74. The molecule has 0 amide bonds. The molecular weight excluding hydrogens is 214 g/mol. The van der Waals surface area contributed by atoms with Gasteiger partial charge in [-0.05, 0) is 29.2 Å². The van der Waals surface area contributed by atoms with E-state index in [1.807, 2.05) is 0 Å². The molecule has 0 aromatic carbocycles. The lowest BCUT2D eigenvalue weighted by Gasteiger charge is -2.63. The molecule has 3 nitrogen and oxygen atoms in total. The van der Waals surface area contributed by atoms with Crippen LogP contribution in [-0.4, -0.2) is 23.7 Å². The van der Waals surface area contributed by atoms with Crippen LogP contribution in [0.5, 0.6) is 0 Å². The van der Waals surface area contributed by atoms with Crippen molar-refractivity contribution < 1.29 is 9.90 Å². The molecule has 1 aliphatic carbocycles. The van der Waals surface area contributed by atoms with Crippen LogP contribution in [0.2, 0.25) is 0 Å². The summed E-state index contributed by atoms with van der Waals surface area (Å²) in [4.78, 5) is 11.0. The maximum absolute atomic E-state index is 11.0. The third-order valence-electron chi connectivity index (χ3n) is 5.04. The van der Waals surface area contributed by atoms with Crippen LogP contribution in [0.15, 0.2) is 0 Å². The van der Waals surface area contributed by atoms with Crippen LogP contribution >= 0.6 is 12.4 Å². The Balaban J connectivity index is 0.00000112. The first kappa shape index (κ1) is 12.8. The summed E-state index contributed by atoms with van der Waals surface area (Å²) in [5, 5.41) is 12.2. The van der Waals surface area contributed by atoms with Gasteiger partial charge in [0, 0.05) is 0 Å². The van der Waals surface area contributed by atoms with Gasteiger partial charge in [0.25, 0.3) is 0 Å². The highest BCUT2D eigenvalue weighted by molar-refractivity contribution is 5.85. The second-order valence-corrected chi connectivity index (χ2v) is 5.80. The summed E-state index contributed by atoms with van der Waals surface area (Å²) >= 11 is 0. The molecule has 0 aromatic rings. The summed E-state index contributed by atoms with van der Waals surface area (Å²) in [6, 6.07) is -0.331. The van der Waals surface area contributed by atoms with Gasteiger partial charge in [0.05, 0.1) is 0 Å². The monoisotopic (exact) mass is 233 g/mol. The largest absolute Gasteiger partial charge is 0.480 e. The van der Waals surface area contributed by atoms with Crippen molar-refractivity contribution in [3.8, 4) is 0 Å². The molecule has 0 aromatic heterocycles. The van der Waals surface area contributed by atoms with E-state index in [0.29, 0.717) is 11.8 Å². The summed E-state index contributed by atoms with van der Waals surface area (Å²) in [5.41, 5.74) is 0.388. The smallest absolute Gasteiger partial charge is 0.321 e. The van der Waals surface area contributed by atoms with Crippen LogP contribution in [0.4, 0.5) is 0 Å². The minimum absolute atomic E-state index is 0. The quantitative estimate of drug-likeness (QED) is 0.726. The predicted molar refractivity (Wildman–Crippen MR) is 61.2 cm³/mol. The van der Waals surface area contributed by atoms with Gasteiger partial charge in [-0.25, -0.2) is 0 Å². The van der Waals surface area contributed by atoms with Gasteiger partial charge < -0.3 is 10.4 Å². The number of rotatable bonds is 1. The fourth-order valence-corrected chi connectivity index (χ4v) is 3.42. The Hall–Kier alpha value is -0.280. The van der Waals surface area contributed by atoms with Gasteiger partial charge in [0.15, 0.2) is 0 Å². The highest BCUT2D eigenvalue weighted by Gasteiger charge is 2.67. The van der Waals surface area contributed by atoms with E-state index >= 15 is 0 Å². The highest BCUT2D eigenvalue weighted by Crippen LogP contribution is 2.66. The zero-order valence-electron chi connectivity index (χ0n) is 9.70. The Morgan fingerprint density at radius 1 is 1.27 bits per heavy atom. The first-order valence-electron chi connectivity index (χ1n) is 5.26. The third-order valence-corrected chi connectivity index (χ3v) is 5.04. The lowest BCUT2D eigenvalue weighted by atomic mass is 9.40. The molecule has 0 radical (unpaired) electrons. The Morgan fingerprint density at radius 2 is 1.80 bits per heavy atom. The molecule has 88 valence electrons. The maximum Gasteiger partial charge on any atom is 0.321 e. The molecule has 2 fully saturated rings. The Labute approximate surface area is 97.0 Å². The predicted octanol–water partition coefficient (Wildman–Crippen LogP) is 1.76. The van der Waals surface area contributed by atoms with E-state index in [1.54, 1.807) is 0 Å². The summed E-state index contributed by atoms with van der Waals surface area (Å²) in [7, 11) is 0. The number of carboxylic acids is 1. The number of carboxylic acid groups (broad SMARTS) is 1. The molecule has 2 rings (SSSR count). The zero-order valence-corrected chi connectivity index (χ0v) is 10.5. The van der Waals surface area contributed by atoms with Crippen molar-refractivity contribution in [2.24, 2.45) is 22.7 Å². The minimum Gasteiger partial charge on any atom is -0.480 e. The van der Waals surface area contributed by atoms with Crippen LogP contribution in [0, 0.1) is 22.7 Å². The van der Waals surface area contributed by atoms with Gasteiger partial charge in [-0.1, -0.05) is 27.7 Å². The maximum atomic E-state index is 11.0. The van der Waals surface area contributed by atoms with Crippen molar-refractivity contribution in [1.29, 1.82) is 0 Å². The fraction of sp³-hybridized carbons (Fsp3) is 0.909. The van der Waals surface area contributed by atoms with Gasteiger partial charge in [0.1, 0.15) is 6.04 Å². The van der Waals surface area contributed by atoms with E-state index in [0.717, 1.165) is 6.54 Å². The Morgan fingerprint density at radius 3 is 2.27 bits per heavy atom. The average Bonchev–Trinajstić information content (AvgIpc) is 2.46. The number of aliphatic carboxylic acids is 1. The van der Waals surface area contributed by atoms with Crippen LogP contribution in [0.25, 0.3) is 0 Å². The average molecular weight is 234 g/mol. The lowest BCUT2D eigenvalue weighted by Crippen LogP contribution is -2.62. The molecule has 2 N–H and O–H groups in total. The third kappa shape index (κ3) is 1.32. The van der Waals surface area contributed by atoms with Crippen molar-refractivity contribution in [3.63, 3.8) is 0 Å². The molecule has 1 aliphatic heterocycles. The van der Waals surface area contributed by atoms with Gasteiger partial charge in [-0.3, -0.25) is 4.79 Å². The zero-order chi connectivity index (χ0) is 10.7. The van der Waals surface area contributed by atoms with Crippen molar-refractivity contribution >= 4 is 18.4 Å². The molecule has 4 heteroatoms. The topological polar surface area (TPSA) is 49.3 Å². The second-order valence-electron chi connectivity index (χ2n) is 5.80. The van der Waals surface area contributed by atoms with Gasteiger partial charge >= 0.3 is 5.97 Å². The highest BCUT2D eigenvalue weighted by atomic mass is 35.5. The van der Waals surface area contributed by atoms with E-state index in [1.165, 1.54) is 0 Å². The Kier molecular flexibility index (Phi) is 2.86. The molecule has 1 saturated heterocycles. The minimum atomic E-state index is -0.693. The number of carbonyl (C=O) groups is 1. The molecule has 1 saturated carbocycles. The molecule has 3 atom stereocenters. The Bertz CT molecular complexity index is 288. The molecule has 0 spiro atoms. The SMILES string of the molecule is CC1(C)[C@@H]2[C@@H](C(=O)O)NC[C@@H]2C1(C)C.Cl. The summed E-state index contributed by atoms with van der Waals surface area (Å²) in [6.07, 6.45) is 0. The van der Waals surface area contributed by atoms with Crippen molar-refractivity contribution in [3.05, 3.63) is 0 Å². The summed E-state index contributed by atoms with van der Waals surface area (Å²) in [5.74, 6) is 0.134. The van der Waals surface area contributed by atoms with Gasteiger partial charge in [-0.2, -0.15) is 0 Å². The number of nitrogens with one attached hydrogen (secondary N) is 1. The molecule has 15 heavy (non-hydrogen) atoms. The number of fused-ring (bicyclic) bond motifs is 1. The van der Waals surface area contributed by atoms with Gasteiger partial charge in [-0.15, -0.1) is 12.4 Å². The van der Waals surface area contributed by atoms with Crippen molar-refractivity contribution in [1.82, 2.24) is 5.32 Å². The molecule has 2 aliphatic rings.